The molecule has 0 saturated heterocycles. The smallest absolute Gasteiger partial charge is 0.146 e. The van der Waals surface area contributed by atoms with Crippen LogP contribution in [-0.4, -0.2) is 10.2 Å². The van der Waals surface area contributed by atoms with E-state index < -0.39 is 0 Å². The average Bonchev–Trinajstić information content (AvgIpc) is 2.25. The second-order valence-electron chi connectivity index (χ2n) is 3.61. The molecule has 1 heterocycles. The SMILES string of the molecule is Cc1ccc(Cc2ccc(N)nn2)cc1. The Kier molecular flexibility index (Phi) is 2.63. The summed E-state index contributed by atoms with van der Waals surface area (Å²) in [4.78, 5) is 0. The minimum Gasteiger partial charge on any atom is -0.382 e. The van der Waals surface area contributed by atoms with Gasteiger partial charge in [-0.2, -0.15) is 5.10 Å². The van der Waals surface area contributed by atoms with E-state index in [0.717, 1.165) is 12.1 Å². The summed E-state index contributed by atoms with van der Waals surface area (Å²) in [5.74, 6) is 0.461. The van der Waals surface area contributed by atoms with E-state index in [9.17, 15) is 0 Å². The maximum absolute atomic E-state index is 5.47. The molecular formula is C12H13N3. The van der Waals surface area contributed by atoms with E-state index in [1.54, 1.807) is 6.07 Å². The molecule has 15 heavy (non-hydrogen) atoms. The normalized spacial score (nSPS) is 10.2. The third-order valence-corrected chi connectivity index (χ3v) is 2.25. The van der Waals surface area contributed by atoms with Gasteiger partial charge in [-0.1, -0.05) is 29.8 Å². The number of aryl methyl sites for hydroxylation is 1. The molecule has 2 rings (SSSR count). The lowest BCUT2D eigenvalue weighted by Crippen LogP contribution is -1.97. The number of hydrogen-bond donors (Lipinski definition) is 1. The average molecular weight is 199 g/mol. The maximum Gasteiger partial charge on any atom is 0.146 e. The molecule has 0 spiro atoms. The van der Waals surface area contributed by atoms with Crippen LogP contribution in [0.25, 0.3) is 0 Å². The van der Waals surface area contributed by atoms with E-state index in [4.69, 9.17) is 5.73 Å². The van der Waals surface area contributed by atoms with Gasteiger partial charge in [-0.3, -0.25) is 0 Å². The van der Waals surface area contributed by atoms with Gasteiger partial charge >= 0.3 is 0 Å². The minimum absolute atomic E-state index is 0.461. The minimum atomic E-state index is 0.461. The first-order valence-corrected chi connectivity index (χ1v) is 4.88. The van der Waals surface area contributed by atoms with Gasteiger partial charge < -0.3 is 5.73 Å². The van der Waals surface area contributed by atoms with Crippen LogP contribution >= 0.6 is 0 Å². The predicted octanol–water partition coefficient (Wildman–Crippen LogP) is 1.96. The Morgan fingerprint density at radius 2 is 1.73 bits per heavy atom. The number of rotatable bonds is 2. The van der Waals surface area contributed by atoms with Crippen molar-refractivity contribution in [1.29, 1.82) is 0 Å². The summed E-state index contributed by atoms with van der Waals surface area (Å²) in [6.45, 7) is 2.08. The Morgan fingerprint density at radius 1 is 1.00 bits per heavy atom. The van der Waals surface area contributed by atoms with E-state index in [2.05, 4.69) is 41.4 Å². The van der Waals surface area contributed by atoms with Crippen molar-refractivity contribution in [3.63, 3.8) is 0 Å². The first-order valence-electron chi connectivity index (χ1n) is 4.88. The largest absolute Gasteiger partial charge is 0.382 e. The number of hydrogen-bond acceptors (Lipinski definition) is 3. The van der Waals surface area contributed by atoms with Crippen LogP contribution in [0, 0.1) is 6.92 Å². The van der Waals surface area contributed by atoms with Crippen molar-refractivity contribution in [3.05, 3.63) is 53.2 Å². The lowest BCUT2D eigenvalue weighted by atomic mass is 10.1. The van der Waals surface area contributed by atoms with Crippen molar-refractivity contribution in [1.82, 2.24) is 10.2 Å². The molecule has 0 aliphatic rings. The van der Waals surface area contributed by atoms with E-state index in [1.807, 2.05) is 6.07 Å². The summed E-state index contributed by atoms with van der Waals surface area (Å²) < 4.78 is 0. The van der Waals surface area contributed by atoms with Gasteiger partial charge in [0.15, 0.2) is 0 Å². The van der Waals surface area contributed by atoms with E-state index in [1.165, 1.54) is 11.1 Å². The Hall–Kier alpha value is -1.90. The van der Waals surface area contributed by atoms with Gasteiger partial charge in [-0.25, -0.2) is 0 Å². The van der Waals surface area contributed by atoms with Gasteiger partial charge in [-0.05, 0) is 24.6 Å². The first-order chi connectivity index (χ1) is 7.24. The number of anilines is 1. The molecule has 0 saturated carbocycles. The van der Waals surface area contributed by atoms with Gasteiger partial charge in [0.1, 0.15) is 5.82 Å². The van der Waals surface area contributed by atoms with Crippen molar-refractivity contribution in [2.45, 2.75) is 13.3 Å². The molecule has 0 amide bonds. The summed E-state index contributed by atoms with van der Waals surface area (Å²) in [7, 11) is 0. The van der Waals surface area contributed by atoms with Gasteiger partial charge in [-0.15, -0.1) is 5.10 Å². The number of nitrogens with zero attached hydrogens (tertiary/aromatic N) is 2. The highest BCUT2D eigenvalue weighted by atomic mass is 15.1. The Labute approximate surface area is 89.0 Å². The zero-order valence-electron chi connectivity index (χ0n) is 8.64. The van der Waals surface area contributed by atoms with Gasteiger partial charge in [0.2, 0.25) is 0 Å². The van der Waals surface area contributed by atoms with Crippen molar-refractivity contribution >= 4 is 5.82 Å². The van der Waals surface area contributed by atoms with Crippen LogP contribution in [0.2, 0.25) is 0 Å². The molecule has 0 radical (unpaired) electrons. The van der Waals surface area contributed by atoms with Crippen LogP contribution in [0.3, 0.4) is 0 Å². The molecule has 0 atom stereocenters. The van der Waals surface area contributed by atoms with Crippen LogP contribution in [0.1, 0.15) is 16.8 Å². The summed E-state index contributed by atoms with van der Waals surface area (Å²) in [5.41, 5.74) is 8.91. The first kappa shape index (κ1) is 9.65. The van der Waals surface area contributed by atoms with Crippen LogP contribution in [-0.2, 0) is 6.42 Å². The number of benzene rings is 1. The number of aromatic nitrogens is 2. The lowest BCUT2D eigenvalue weighted by molar-refractivity contribution is 0.944. The van der Waals surface area contributed by atoms with Crippen LogP contribution in [0.5, 0.6) is 0 Å². The molecule has 2 aromatic rings. The molecule has 1 aromatic heterocycles. The Bertz CT molecular complexity index is 388. The molecule has 0 fully saturated rings. The molecule has 0 aliphatic carbocycles. The molecule has 0 aliphatic heterocycles. The highest BCUT2D eigenvalue weighted by Gasteiger charge is 1.98. The maximum atomic E-state index is 5.47. The summed E-state index contributed by atoms with van der Waals surface area (Å²) in [6.07, 6.45) is 0.799. The van der Waals surface area contributed by atoms with Gasteiger partial charge in [0.05, 0.1) is 5.69 Å². The molecular weight excluding hydrogens is 186 g/mol. The summed E-state index contributed by atoms with van der Waals surface area (Å²) in [6, 6.07) is 12.1. The van der Waals surface area contributed by atoms with E-state index in [0.29, 0.717) is 5.82 Å². The van der Waals surface area contributed by atoms with Crippen LogP contribution < -0.4 is 5.73 Å². The Morgan fingerprint density at radius 3 is 2.33 bits per heavy atom. The van der Waals surface area contributed by atoms with Crippen molar-refractivity contribution in [2.24, 2.45) is 0 Å². The molecule has 2 N–H and O–H groups in total. The highest BCUT2D eigenvalue weighted by Crippen LogP contribution is 2.08. The second-order valence-corrected chi connectivity index (χ2v) is 3.61. The molecule has 3 heteroatoms. The summed E-state index contributed by atoms with van der Waals surface area (Å²) >= 11 is 0. The van der Waals surface area contributed by atoms with Crippen molar-refractivity contribution in [3.8, 4) is 0 Å². The molecule has 3 nitrogen and oxygen atoms in total. The standard InChI is InChI=1S/C12H13N3/c1-9-2-4-10(5-3-9)8-11-6-7-12(13)15-14-11/h2-7H,8H2,1H3,(H2,13,15). The third kappa shape index (κ3) is 2.53. The van der Waals surface area contributed by atoms with Crippen LogP contribution in [0.15, 0.2) is 36.4 Å². The topological polar surface area (TPSA) is 51.8 Å². The predicted molar refractivity (Wildman–Crippen MR) is 60.4 cm³/mol. The van der Waals surface area contributed by atoms with Crippen molar-refractivity contribution in [2.75, 3.05) is 5.73 Å². The lowest BCUT2D eigenvalue weighted by Gasteiger charge is -2.01. The fourth-order valence-electron chi connectivity index (χ4n) is 1.38. The quantitative estimate of drug-likeness (QED) is 0.804. The number of nitrogen functional groups attached to an aromatic ring is 1. The fourth-order valence-corrected chi connectivity index (χ4v) is 1.38. The molecule has 0 bridgehead atoms. The van der Waals surface area contributed by atoms with Gasteiger partial charge in [0, 0.05) is 6.42 Å². The van der Waals surface area contributed by atoms with Gasteiger partial charge in [0.25, 0.3) is 0 Å². The highest BCUT2D eigenvalue weighted by molar-refractivity contribution is 5.29. The van der Waals surface area contributed by atoms with E-state index >= 15 is 0 Å². The third-order valence-electron chi connectivity index (χ3n) is 2.25. The Balaban J connectivity index is 2.15. The molecule has 1 aromatic carbocycles. The molecule has 0 unspecified atom stereocenters. The van der Waals surface area contributed by atoms with E-state index in [-0.39, 0.29) is 0 Å². The second kappa shape index (κ2) is 4.09. The fraction of sp³-hybridized carbons (Fsp3) is 0.167. The zero-order chi connectivity index (χ0) is 10.7. The zero-order valence-corrected chi connectivity index (χ0v) is 8.64. The monoisotopic (exact) mass is 199 g/mol. The summed E-state index contributed by atoms with van der Waals surface area (Å²) in [5, 5.41) is 7.84. The van der Waals surface area contributed by atoms with Crippen LogP contribution in [0.4, 0.5) is 5.82 Å². The number of nitrogens with two attached hydrogens (primary N) is 1. The van der Waals surface area contributed by atoms with Crippen molar-refractivity contribution < 1.29 is 0 Å². The molecule has 76 valence electrons.